The third kappa shape index (κ3) is 9.92. The van der Waals surface area contributed by atoms with E-state index in [2.05, 4.69) is 16.0 Å². The van der Waals surface area contributed by atoms with Gasteiger partial charge in [0.1, 0.15) is 34.3 Å². The van der Waals surface area contributed by atoms with E-state index in [1.54, 1.807) is 51.1 Å². The fourth-order valence-electron chi connectivity index (χ4n) is 3.01. The van der Waals surface area contributed by atoms with E-state index in [1.165, 1.54) is 6.92 Å². The lowest BCUT2D eigenvalue weighted by Crippen LogP contribution is -2.54. The maximum Gasteiger partial charge on any atom is 0.408 e. The van der Waals surface area contributed by atoms with Crippen molar-refractivity contribution in [2.45, 2.75) is 51.8 Å². The number of rotatable bonds is 9. The molecule has 9 nitrogen and oxygen atoms in total. The van der Waals surface area contributed by atoms with Crippen molar-refractivity contribution >= 4 is 81.9 Å². The predicted molar refractivity (Wildman–Crippen MR) is 151 cm³/mol. The summed E-state index contributed by atoms with van der Waals surface area (Å²) in [6.45, 7) is 5.86. The summed E-state index contributed by atoms with van der Waals surface area (Å²) in [6.07, 6.45) is -0.705. The Labute approximate surface area is 250 Å². The number of nitrogens with one attached hydrogen (secondary N) is 3. The first-order chi connectivity index (χ1) is 18.1. The zero-order chi connectivity index (χ0) is 29.5. The van der Waals surface area contributed by atoms with Crippen molar-refractivity contribution in [3.8, 4) is 5.75 Å². The number of esters is 1. The highest BCUT2D eigenvalue weighted by Gasteiger charge is 2.27. The van der Waals surface area contributed by atoms with Gasteiger partial charge < -0.3 is 25.4 Å². The second kappa shape index (κ2) is 14.3. The molecule has 0 unspecified atom stereocenters. The molecule has 2 aromatic carbocycles. The summed E-state index contributed by atoms with van der Waals surface area (Å²) < 4.78 is 10.3. The summed E-state index contributed by atoms with van der Waals surface area (Å²) >= 11 is 30.0. The number of carbonyl (C=O) groups excluding carboxylic acids is 4. The maximum atomic E-state index is 13.0. The van der Waals surface area contributed by atoms with Crippen LogP contribution >= 0.6 is 58.0 Å². The van der Waals surface area contributed by atoms with Crippen LogP contribution in [0.1, 0.15) is 33.3 Å². The summed E-state index contributed by atoms with van der Waals surface area (Å²) in [4.78, 5) is 50.3. The van der Waals surface area contributed by atoms with Gasteiger partial charge >= 0.3 is 12.1 Å². The third-order valence-corrected chi connectivity index (χ3v) is 7.08. The van der Waals surface area contributed by atoms with Gasteiger partial charge in [-0.25, -0.2) is 9.59 Å². The van der Waals surface area contributed by atoms with Crippen molar-refractivity contribution < 1.29 is 28.7 Å². The smallest absolute Gasteiger partial charge is 0.408 e. The molecule has 14 heteroatoms. The number of ether oxygens (including phenoxy) is 2. The minimum atomic E-state index is -1.11. The zero-order valence-corrected chi connectivity index (χ0v) is 25.1. The third-order valence-electron chi connectivity index (χ3n) is 4.83. The number of amides is 3. The zero-order valence-electron chi connectivity index (χ0n) is 21.3. The normalized spacial score (nSPS) is 12.6. The number of hydrogen-bond donors (Lipinski definition) is 3. The Morgan fingerprint density at radius 3 is 1.90 bits per heavy atom. The van der Waals surface area contributed by atoms with Crippen LogP contribution in [0.5, 0.6) is 5.75 Å². The topological polar surface area (TPSA) is 123 Å². The fourth-order valence-corrected chi connectivity index (χ4v) is 4.21. The van der Waals surface area contributed by atoms with Crippen molar-refractivity contribution in [3.05, 3.63) is 61.0 Å². The van der Waals surface area contributed by atoms with E-state index >= 15 is 0 Å². The van der Waals surface area contributed by atoms with Gasteiger partial charge in [0.25, 0.3) is 0 Å². The van der Waals surface area contributed by atoms with Crippen LogP contribution in [0.25, 0.3) is 0 Å². The Balaban J connectivity index is 2.10. The maximum absolute atomic E-state index is 13.0. The van der Waals surface area contributed by atoms with Crippen molar-refractivity contribution in [1.82, 2.24) is 16.0 Å². The Hall–Kier alpha value is -2.43. The van der Waals surface area contributed by atoms with E-state index in [0.717, 1.165) is 5.56 Å². The number of hydrogen-bond acceptors (Lipinski definition) is 6. The molecular formula is C25H26Cl5N3O6. The molecule has 0 saturated carbocycles. The van der Waals surface area contributed by atoms with Gasteiger partial charge in [0.2, 0.25) is 11.8 Å². The van der Waals surface area contributed by atoms with Gasteiger partial charge in [0.05, 0.1) is 15.1 Å². The van der Waals surface area contributed by atoms with Crippen molar-refractivity contribution in [2.75, 3.05) is 6.54 Å². The molecule has 3 amide bonds. The largest absolute Gasteiger partial charge is 0.444 e. The lowest BCUT2D eigenvalue weighted by Gasteiger charge is -2.23. The fraction of sp³-hybridized carbons (Fsp3) is 0.360. The molecule has 0 saturated heterocycles. The van der Waals surface area contributed by atoms with E-state index < -0.39 is 48.1 Å². The second-order valence-corrected chi connectivity index (χ2v) is 11.1. The summed E-state index contributed by atoms with van der Waals surface area (Å²) in [5, 5.41) is 6.46. The van der Waals surface area contributed by atoms with Crippen LogP contribution in [0.3, 0.4) is 0 Å². The molecular weight excluding hydrogens is 616 g/mol. The van der Waals surface area contributed by atoms with Crippen LogP contribution in [0.2, 0.25) is 25.1 Å². The molecule has 39 heavy (non-hydrogen) atoms. The first kappa shape index (κ1) is 32.8. The van der Waals surface area contributed by atoms with Gasteiger partial charge in [0.15, 0.2) is 5.75 Å². The van der Waals surface area contributed by atoms with E-state index in [4.69, 9.17) is 67.5 Å². The number of halogens is 5. The van der Waals surface area contributed by atoms with Gasteiger partial charge in [-0.3, -0.25) is 9.59 Å². The van der Waals surface area contributed by atoms with Crippen LogP contribution in [-0.2, 0) is 25.5 Å². The molecule has 0 aliphatic rings. The van der Waals surface area contributed by atoms with Crippen molar-refractivity contribution in [1.29, 1.82) is 0 Å². The average molecular weight is 642 g/mol. The monoisotopic (exact) mass is 639 g/mol. The number of benzene rings is 2. The van der Waals surface area contributed by atoms with Crippen LogP contribution in [0.15, 0.2) is 30.3 Å². The van der Waals surface area contributed by atoms with Gasteiger partial charge in [0, 0.05) is 6.42 Å². The van der Waals surface area contributed by atoms with Crippen molar-refractivity contribution in [3.63, 3.8) is 0 Å². The van der Waals surface area contributed by atoms with Crippen LogP contribution in [0, 0.1) is 0 Å². The first-order valence-corrected chi connectivity index (χ1v) is 13.3. The molecule has 0 aliphatic carbocycles. The minimum absolute atomic E-state index is 0.0900. The van der Waals surface area contributed by atoms with E-state index in [1.807, 2.05) is 0 Å². The van der Waals surface area contributed by atoms with Gasteiger partial charge in [-0.1, -0.05) is 88.3 Å². The molecule has 0 radical (unpaired) electrons. The van der Waals surface area contributed by atoms with E-state index in [-0.39, 0.29) is 37.3 Å². The number of carbonyl (C=O) groups is 4. The summed E-state index contributed by atoms with van der Waals surface area (Å²) in [7, 11) is 0. The predicted octanol–water partition coefficient (Wildman–Crippen LogP) is 5.62. The Morgan fingerprint density at radius 2 is 1.36 bits per heavy atom. The quantitative estimate of drug-likeness (QED) is 0.142. The van der Waals surface area contributed by atoms with E-state index in [9.17, 15) is 19.2 Å². The molecule has 3 N–H and O–H groups in total. The molecule has 0 fully saturated rings. The Bertz CT molecular complexity index is 1210. The van der Waals surface area contributed by atoms with Gasteiger partial charge in [-0.15, -0.1) is 0 Å². The molecule has 2 aromatic rings. The van der Waals surface area contributed by atoms with Crippen LogP contribution < -0.4 is 20.7 Å². The molecule has 0 bridgehead atoms. The van der Waals surface area contributed by atoms with Crippen LogP contribution in [-0.4, -0.2) is 48.1 Å². The molecule has 0 heterocycles. The number of alkyl carbamates (subject to hydrolysis) is 1. The lowest BCUT2D eigenvalue weighted by molar-refractivity contribution is -0.136. The SMILES string of the molecule is C[C@H](NC(=O)OC(C)(C)C)C(=O)N[C@H](Cc1ccccc1)C(=O)NCC(=O)Oc1c(Cl)c(Cl)c(Cl)c(Cl)c1Cl. The first-order valence-electron chi connectivity index (χ1n) is 11.4. The summed E-state index contributed by atoms with van der Waals surface area (Å²) in [5.41, 5.74) is -0.0285. The summed E-state index contributed by atoms with van der Waals surface area (Å²) in [5.74, 6) is -2.62. The summed E-state index contributed by atoms with van der Waals surface area (Å²) in [6, 6.07) is 6.73. The second-order valence-electron chi connectivity index (χ2n) is 9.21. The Morgan fingerprint density at radius 1 is 0.821 bits per heavy atom. The minimum Gasteiger partial charge on any atom is -0.444 e. The van der Waals surface area contributed by atoms with Gasteiger partial charge in [-0.2, -0.15) is 0 Å². The molecule has 2 rings (SSSR count). The van der Waals surface area contributed by atoms with E-state index in [0.29, 0.717) is 0 Å². The molecule has 0 aromatic heterocycles. The highest BCUT2D eigenvalue weighted by atomic mass is 35.5. The van der Waals surface area contributed by atoms with Gasteiger partial charge in [-0.05, 0) is 33.3 Å². The molecule has 0 aliphatic heterocycles. The average Bonchev–Trinajstić information content (AvgIpc) is 2.86. The highest BCUT2D eigenvalue weighted by Crippen LogP contribution is 2.48. The van der Waals surface area contributed by atoms with Crippen LogP contribution in [0.4, 0.5) is 4.79 Å². The standard InChI is InChI=1S/C25H26Cl5N3O6/c1-12(32-24(37)39-25(2,3)4)22(35)33-14(10-13-8-6-5-7-9-13)23(36)31-11-15(34)38-21-19(29)17(27)16(26)18(28)20(21)30/h5-9,12,14H,10-11H2,1-4H3,(H,31,36)(H,32,37)(H,33,35)/t12-,14+/m0/s1. The Kier molecular flexibility index (Phi) is 12.0. The highest BCUT2D eigenvalue weighted by molar-refractivity contribution is 6.55. The molecule has 0 spiro atoms. The van der Waals surface area contributed by atoms with Crippen molar-refractivity contribution in [2.24, 2.45) is 0 Å². The molecule has 212 valence electrons. The lowest BCUT2D eigenvalue weighted by atomic mass is 10.0. The molecule has 2 atom stereocenters.